The number of hydrogen-bond acceptors (Lipinski definition) is 3. The lowest BCUT2D eigenvalue weighted by Crippen LogP contribution is -2.46. The Hall–Kier alpha value is -1.43. The summed E-state index contributed by atoms with van der Waals surface area (Å²) in [7, 11) is 1.56. The molecule has 1 aromatic rings. The maximum atomic E-state index is 12.1. The number of aromatic nitrogens is 1. The van der Waals surface area contributed by atoms with E-state index < -0.39 is 6.04 Å². The highest BCUT2D eigenvalue weighted by Gasteiger charge is 2.21. The third kappa shape index (κ3) is 4.98. The van der Waals surface area contributed by atoms with Crippen LogP contribution < -0.4 is 10.6 Å². The summed E-state index contributed by atoms with van der Waals surface area (Å²) in [4.78, 5) is 27.7. The fourth-order valence-electron chi connectivity index (χ4n) is 1.65. The van der Waals surface area contributed by atoms with Crippen molar-refractivity contribution in [1.29, 1.82) is 0 Å². The van der Waals surface area contributed by atoms with Crippen molar-refractivity contribution in [3.8, 4) is 0 Å². The van der Waals surface area contributed by atoms with Crippen molar-refractivity contribution in [1.82, 2.24) is 15.6 Å². The Bertz CT molecular complexity index is 463. The zero-order valence-corrected chi connectivity index (χ0v) is 12.8. The molecule has 0 saturated heterocycles. The molecule has 104 valence electrons. The fraction of sp³-hybridized carbons (Fsp3) is 0.462. The minimum atomic E-state index is -0.531. The molecule has 1 unspecified atom stereocenters. The van der Waals surface area contributed by atoms with Crippen LogP contribution in [0.4, 0.5) is 0 Å². The molecular formula is C13H18BrN3O2. The van der Waals surface area contributed by atoms with Crippen molar-refractivity contribution < 1.29 is 9.59 Å². The summed E-state index contributed by atoms with van der Waals surface area (Å²) < 4.78 is 0.723. The predicted octanol–water partition coefficient (Wildman–Crippen LogP) is 1.73. The Labute approximate surface area is 121 Å². The van der Waals surface area contributed by atoms with Gasteiger partial charge in [0, 0.05) is 23.9 Å². The maximum absolute atomic E-state index is 12.1. The Kier molecular flexibility index (Phi) is 5.95. The first-order chi connectivity index (χ1) is 8.93. The predicted molar refractivity (Wildman–Crippen MR) is 76.7 cm³/mol. The molecule has 1 heterocycles. The van der Waals surface area contributed by atoms with Gasteiger partial charge in [0.1, 0.15) is 6.04 Å². The molecule has 19 heavy (non-hydrogen) atoms. The van der Waals surface area contributed by atoms with Crippen LogP contribution >= 0.6 is 15.9 Å². The molecule has 1 rings (SSSR count). The van der Waals surface area contributed by atoms with Gasteiger partial charge in [-0.05, 0) is 34.3 Å². The number of rotatable bonds is 5. The Morgan fingerprint density at radius 3 is 2.58 bits per heavy atom. The number of pyridine rings is 1. The molecule has 0 saturated carbocycles. The molecule has 0 spiro atoms. The van der Waals surface area contributed by atoms with E-state index in [1.165, 1.54) is 6.20 Å². The van der Waals surface area contributed by atoms with Crippen molar-refractivity contribution in [2.75, 3.05) is 7.05 Å². The molecule has 6 heteroatoms. The maximum Gasteiger partial charge on any atom is 0.253 e. The number of carbonyl (C=O) groups excluding carboxylic acids is 2. The molecule has 0 radical (unpaired) electrons. The normalized spacial score (nSPS) is 12.1. The van der Waals surface area contributed by atoms with Crippen LogP contribution in [0.2, 0.25) is 0 Å². The summed E-state index contributed by atoms with van der Waals surface area (Å²) in [6.45, 7) is 4.01. The van der Waals surface area contributed by atoms with Gasteiger partial charge in [0.15, 0.2) is 0 Å². The Morgan fingerprint density at radius 1 is 1.37 bits per heavy atom. The molecule has 0 bridgehead atoms. The number of hydrogen-bond donors (Lipinski definition) is 2. The molecule has 0 aliphatic carbocycles. The van der Waals surface area contributed by atoms with Crippen LogP contribution in [0.1, 0.15) is 30.6 Å². The summed E-state index contributed by atoms with van der Waals surface area (Å²) in [5, 5.41) is 5.29. The van der Waals surface area contributed by atoms with Gasteiger partial charge < -0.3 is 10.6 Å². The van der Waals surface area contributed by atoms with Gasteiger partial charge in [-0.25, -0.2) is 0 Å². The van der Waals surface area contributed by atoms with Gasteiger partial charge in [0.2, 0.25) is 5.91 Å². The van der Waals surface area contributed by atoms with E-state index in [0.29, 0.717) is 17.9 Å². The van der Waals surface area contributed by atoms with E-state index in [0.717, 1.165) is 4.47 Å². The highest BCUT2D eigenvalue weighted by atomic mass is 79.9. The molecule has 0 aromatic carbocycles. The molecule has 0 aliphatic heterocycles. The van der Waals surface area contributed by atoms with Crippen LogP contribution in [0, 0.1) is 5.92 Å². The van der Waals surface area contributed by atoms with E-state index in [4.69, 9.17) is 0 Å². The first-order valence-electron chi connectivity index (χ1n) is 6.07. The molecule has 0 aliphatic rings. The summed E-state index contributed by atoms with van der Waals surface area (Å²) in [5.41, 5.74) is 0.423. The van der Waals surface area contributed by atoms with Crippen LogP contribution in [-0.2, 0) is 4.79 Å². The number of nitrogens with zero attached hydrogens (tertiary/aromatic N) is 1. The van der Waals surface area contributed by atoms with Crippen molar-refractivity contribution in [3.05, 3.63) is 28.5 Å². The van der Waals surface area contributed by atoms with E-state index in [9.17, 15) is 9.59 Å². The van der Waals surface area contributed by atoms with Crippen LogP contribution in [-0.4, -0.2) is 29.9 Å². The van der Waals surface area contributed by atoms with Crippen LogP contribution in [0.25, 0.3) is 0 Å². The standard InChI is InChI=1S/C13H18BrN3O2/c1-8(2)4-11(13(19)15-3)17-12(18)9-5-10(14)7-16-6-9/h5-8,11H,4H2,1-3H3,(H,15,19)(H,17,18). The molecule has 1 atom stereocenters. The molecule has 0 fully saturated rings. The third-order valence-electron chi connectivity index (χ3n) is 2.54. The number of halogens is 1. The topological polar surface area (TPSA) is 71.1 Å². The molecule has 2 N–H and O–H groups in total. The van der Waals surface area contributed by atoms with Gasteiger partial charge in [-0.2, -0.15) is 0 Å². The van der Waals surface area contributed by atoms with E-state index in [1.807, 2.05) is 13.8 Å². The molecule has 2 amide bonds. The van der Waals surface area contributed by atoms with Gasteiger partial charge in [-0.15, -0.1) is 0 Å². The monoisotopic (exact) mass is 327 g/mol. The largest absolute Gasteiger partial charge is 0.357 e. The summed E-state index contributed by atoms with van der Waals surface area (Å²) in [6, 6.07) is 1.13. The summed E-state index contributed by atoms with van der Waals surface area (Å²) in [6.07, 6.45) is 3.66. The van der Waals surface area contributed by atoms with Crippen LogP contribution in [0.3, 0.4) is 0 Å². The van der Waals surface area contributed by atoms with E-state index in [2.05, 4.69) is 31.5 Å². The lowest BCUT2D eigenvalue weighted by atomic mass is 10.0. The van der Waals surface area contributed by atoms with Gasteiger partial charge in [0.25, 0.3) is 5.91 Å². The number of carbonyl (C=O) groups is 2. The highest BCUT2D eigenvalue weighted by molar-refractivity contribution is 9.10. The SMILES string of the molecule is CNC(=O)C(CC(C)C)NC(=O)c1cncc(Br)c1. The van der Waals surface area contributed by atoms with E-state index >= 15 is 0 Å². The fourth-order valence-corrected chi connectivity index (χ4v) is 2.02. The molecule has 5 nitrogen and oxygen atoms in total. The minimum absolute atomic E-state index is 0.190. The van der Waals surface area contributed by atoms with Crippen LogP contribution in [0.5, 0.6) is 0 Å². The second kappa shape index (κ2) is 7.23. The number of likely N-dealkylation sites (N-methyl/N-ethyl adjacent to an activating group) is 1. The number of amides is 2. The van der Waals surface area contributed by atoms with Gasteiger partial charge in [0.05, 0.1) is 5.56 Å². The van der Waals surface area contributed by atoms with E-state index in [1.54, 1.807) is 19.3 Å². The molecule has 1 aromatic heterocycles. The second-order valence-electron chi connectivity index (χ2n) is 4.66. The summed E-state index contributed by atoms with van der Waals surface area (Å²) in [5.74, 6) is -0.184. The smallest absolute Gasteiger partial charge is 0.253 e. The average molecular weight is 328 g/mol. The quantitative estimate of drug-likeness (QED) is 0.865. The Balaban J connectivity index is 2.78. The van der Waals surface area contributed by atoms with Crippen LogP contribution in [0.15, 0.2) is 22.9 Å². The van der Waals surface area contributed by atoms with Crippen molar-refractivity contribution >= 4 is 27.7 Å². The first-order valence-corrected chi connectivity index (χ1v) is 6.86. The van der Waals surface area contributed by atoms with Crippen molar-refractivity contribution in [3.63, 3.8) is 0 Å². The zero-order valence-electron chi connectivity index (χ0n) is 11.2. The van der Waals surface area contributed by atoms with Gasteiger partial charge in [-0.3, -0.25) is 14.6 Å². The zero-order chi connectivity index (χ0) is 14.4. The first kappa shape index (κ1) is 15.6. The average Bonchev–Trinajstić information content (AvgIpc) is 2.36. The lowest BCUT2D eigenvalue weighted by Gasteiger charge is -2.19. The summed E-state index contributed by atoms with van der Waals surface area (Å²) >= 11 is 3.26. The van der Waals surface area contributed by atoms with Gasteiger partial charge in [-0.1, -0.05) is 13.8 Å². The van der Waals surface area contributed by atoms with Crippen molar-refractivity contribution in [2.24, 2.45) is 5.92 Å². The second-order valence-corrected chi connectivity index (χ2v) is 5.58. The van der Waals surface area contributed by atoms with Crippen molar-refractivity contribution in [2.45, 2.75) is 26.3 Å². The third-order valence-corrected chi connectivity index (χ3v) is 2.98. The van der Waals surface area contributed by atoms with E-state index in [-0.39, 0.29) is 11.8 Å². The molecular weight excluding hydrogens is 310 g/mol. The lowest BCUT2D eigenvalue weighted by molar-refractivity contribution is -0.122. The highest BCUT2D eigenvalue weighted by Crippen LogP contribution is 2.11. The number of nitrogens with one attached hydrogen (secondary N) is 2. The van der Waals surface area contributed by atoms with Gasteiger partial charge >= 0.3 is 0 Å². The minimum Gasteiger partial charge on any atom is -0.357 e. The Morgan fingerprint density at radius 2 is 2.05 bits per heavy atom.